The smallest absolute Gasteiger partial charge is 0.162 e. The number of nitrogens with two attached hydrogens (primary N) is 1. The van der Waals surface area contributed by atoms with Crippen LogP contribution in [0.3, 0.4) is 0 Å². The van der Waals surface area contributed by atoms with Crippen molar-refractivity contribution >= 4 is 11.5 Å². The number of ketones is 1. The molecule has 0 unspecified atom stereocenters. The van der Waals surface area contributed by atoms with Crippen LogP contribution in [0.1, 0.15) is 80.8 Å². The van der Waals surface area contributed by atoms with Crippen molar-refractivity contribution in [3.63, 3.8) is 0 Å². The molecule has 2 aromatic rings. The van der Waals surface area contributed by atoms with Crippen molar-refractivity contribution in [2.75, 3.05) is 5.73 Å². The van der Waals surface area contributed by atoms with Gasteiger partial charge in [0, 0.05) is 23.1 Å². The van der Waals surface area contributed by atoms with Gasteiger partial charge in [-0.1, -0.05) is 64.7 Å². The molecule has 0 radical (unpaired) electrons. The van der Waals surface area contributed by atoms with Crippen LogP contribution in [0.4, 0.5) is 5.69 Å². The molecule has 0 saturated carbocycles. The summed E-state index contributed by atoms with van der Waals surface area (Å²) >= 11 is 0. The number of rotatable bonds is 7. The van der Waals surface area contributed by atoms with Gasteiger partial charge in [-0.2, -0.15) is 0 Å². The predicted molar refractivity (Wildman–Crippen MR) is 106 cm³/mol. The lowest BCUT2D eigenvalue weighted by Crippen LogP contribution is -2.16. The number of carbonyl (C=O) groups is 1. The summed E-state index contributed by atoms with van der Waals surface area (Å²) in [5.74, 6) is 0.269. The lowest BCUT2D eigenvalue weighted by Gasteiger charge is -2.22. The van der Waals surface area contributed by atoms with Crippen LogP contribution < -0.4 is 5.73 Å². The SMILES string of the molecule is CCCCCCCC(=O)c1ccc2c(c1)C(C)(C)c1cc(N)ccc1-2. The molecule has 0 saturated heterocycles. The molecule has 2 nitrogen and oxygen atoms in total. The van der Waals surface area contributed by atoms with E-state index >= 15 is 0 Å². The summed E-state index contributed by atoms with van der Waals surface area (Å²) in [7, 11) is 0. The van der Waals surface area contributed by atoms with Gasteiger partial charge in [0.2, 0.25) is 0 Å². The molecule has 1 aliphatic rings. The number of Topliss-reactive ketones (excluding diaryl/α,β-unsaturated/α-hetero) is 1. The van der Waals surface area contributed by atoms with E-state index in [0.29, 0.717) is 6.42 Å². The van der Waals surface area contributed by atoms with Gasteiger partial charge in [0.25, 0.3) is 0 Å². The van der Waals surface area contributed by atoms with Crippen molar-refractivity contribution in [2.45, 2.75) is 64.7 Å². The summed E-state index contributed by atoms with van der Waals surface area (Å²) in [4.78, 5) is 12.6. The summed E-state index contributed by atoms with van der Waals surface area (Å²) < 4.78 is 0. The van der Waals surface area contributed by atoms with Crippen LogP contribution in [0.15, 0.2) is 36.4 Å². The molecule has 132 valence electrons. The molecule has 0 fully saturated rings. The third-order valence-corrected chi connectivity index (χ3v) is 5.53. The molecule has 0 heterocycles. The minimum atomic E-state index is -0.114. The number of hydrogen-bond donors (Lipinski definition) is 1. The van der Waals surface area contributed by atoms with Crippen molar-refractivity contribution in [1.82, 2.24) is 0 Å². The predicted octanol–water partition coefficient (Wildman–Crippen LogP) is 6.12. The maximum atomic E-state index is 12.6. The van der Waals surface area contributed by atoms with Gasteiger partial charge < -0.3 is 5.73 Å². The second-order valence-corrected chi connectivity index (χ2v) is 7.78. The molecule has 0 atom stereocenters. The second kappa shape index (κ2) is 7.03. The zero-order valence-electron chi connectivity index (χ0n) is 15.7. The second-order valence-electron chi connectivity index (χ2n) is 7.78. The van der Waals surface area contributed by atoms with Crippen LogP contribution >= 0.6 is 0 Å². The van der Waals surface area contributed by atoms with Gasteiger partial charge in [0.05, 0.1) is 0 Å². The Bertz CT molecular complexity index is 789. The first kappa shape index (κ1) is 17.7. The molecule has 2 aromatic carbocycles. The van der Waals surface area contributed by atoms with Gasteiger partial charge in [-0.3, -0.25) is 4.79 Å². The monoisotopic (exact) mass is 335 g/mol. The third kappa shape index (κ3) is 3.35. The van der Waals surface area contributed by atoms with Gasteiger partial charge in [0.1, 0.15) is 0 Å². The van der Waals surface area contributed by atoms with E-state index in [4.69, 9.17) is 5.73 Å². The van der Waals surface area contributed by atoms with Gasteiger partial charge in [-0.05, 0) is 46.9 Å². The minimum absolute atomic E-state index is 0.114. The fraction of sp³-hybridized carbons (Fsp3) is 0.435. The number of fused-ring (bicyclic) bond motifs is 3. The van der Waals surface area contributed by atoms with E-state index in [2.05, 4.69) is 45.0 Å². The quantitative estimate of drug-likeness (QED) is 0.376. The molecule has 3 rings (SSSR count). The van der Waals surface area contributed by atoms with E-state index in [1.807, 2.05) is 12.1 Å². The highest BCUT2D eigenvalue weighted by Crippen LogP contribution is 2.49. The molecule has 25 heavy (non-hydrogen) atoms. The Morgan fingerprint density at radius 2 is 1.56 bits per heavy atom. The van der Waals surface area contributed by atoms with E-state index in [1.165, 1.54) is 41.5 Å². The van der Waals surface area contributed by atoms with E-state index in [1.54, 1.807) is 0 Å². The Morgan fingerprint density at radius 3 is 2.28 bits per heavy atom. The molecular formula is C23H29NO. The Balaban J connectivity index is 1.81. The Hall–Kier alpha value is -2.09. The lowest BCUT2D eigenvalue weighted by molar-refractivity contribution is 0.0979. The average Bonchev–Trinajstić information content (AvgIpc) is 2.81. The van der Waals surface area contributed by atoms with Crippen LogP contribution in [-0.4, -0.2) is 5.78 Å². The molecule has 0 bridgehead atoms. The zero-order valence-corrected chi connectivity index (χ0v) is 15.7. The number of anilines is 1. The van der Waals surface area contributed by atoms with E-state index in [9.17, 15) is 4.79 Å². The summed E-state index contributed by atoms with van der Waals surface area (Å²) in [6.07, 6.45) is 6.54. The van der Waals surface area contributed by atoms with Crippen LogP contribution in [0.25, 0.3) is 11.1 Å². The van der Waals surface area contributed by atoms with E-state index in [-0.39, 0.29) is 11.2 Å². The Labute approximate surface area is 151 Å². The molecule has 1 aliphatic carbocycles. The van der Waals surface area contributed by atoms with Crippen molar-refractivity contribution in [3.05, 3.63) is 53.1 Å². The zero-order chi connectivity index (χ0) is 18.0. The van der Waals surface area contributed by atoms with Gasteiger partial charge >= 0.3 is 0 Å². The van der Waals surface area contributed by atoms with Crippen molar-refractivity contribution in [1.29, 1.82) is 0 Å². The topological polar surface area (TPSA) is 43.1 Å². The molecule has 0 spiro atoms. The summed E-state index contributed by atoms with van der Waals surface area (Å²) in [5.41, 5.74) is 12.5. The number of hydrogen-bond acceptors (Lipinski definition) is 2. The standard InChI is InChI=1S/C23H29NO/c1-4-5-6-7-8-9-22(25)16-10-12-18-19-13-11-17(24)15-21(19)23(2,3)20(18)14-16/h10-15H,4-9,24H2,1-3H3. The van der Waals surface area contributed by atoms with Gasteiger partial charge in [-0.25, -0.2) is 0 Å². The number of carbonyl (C=O) groups excluding carboxylic acids is 1. The number of unbranched alkanes of at least 4 members (excludes halogenated alkanes) is 4. The third-order valence-electron chi connectivity index (χ3n) is 5.53. The van der Waals surface area contributed by atoms with Crippen molar-refractivity contribution in [2.24, 2.45) is 0 Å². The number of benzene rings is 2. The number of nitrogen functional groups attached to an aromatic ring is 1. The first-order valence-corrected chi connectivity index (χ1v) is 9.53. The van der Waals surface area contributed by atoms with Gasteiger partial charge in [-0.15, -0.1) is 0 Å². The van der Waals surface area contributed by atoms with E-state index in [0.717, 1.165) is 24.1 Å². The summed E-state index contributed by atoms with van der Waals surface area (Å²) in [6.45, 7) is 6.65. The molecule has 2 N–H and O–H groups in total. The average molecular weight is 335 g/mol. The molecule has 0 aliphatic heterocycles. The van der Waals surface area contributed by atoms with Crippen molar-refractivity contribution in [3.8, 4) is 11.1 Å². The normalized spacial score (nSPS) is 14.2. The molecule has 0 amide bonds. The van der Waals surface area contributed by atoms with E-state index < -0.39 is 0 Å². The maximum Gasteiger partial charge on any atom is 0.162 e. The van der Waals surface area contributed by atoms with Crippen LogP contribution in [0.2, 0.25) is 0 Å². The van der Waals surface area contributed by atoms with Gasteiger partial charge in [0.15, 0.2) is 5.78 Å². The maximum absolute atomic E-state index is 12.6. The largest absolute Gasteiger partial charge is 0.399 e. The molecule has 2 heteroatoms. The fourth-order valence-corrected chi connectivity index (χ4v) is 3.96. The Kier molecular flexibility index (Phi) is 4.99. The lowest BCUT2D eigenvalue weighted by atomic mass is 9.81. The van der Waals surface area contributed by atoms with Crippen LogP contribution in [0.5, 0.6) is 0 Å². The summed E-state index contributed by atoms with van der Waals surface area (Å²) in [6, 6.07) is 12.4. The minimum Gasteiger partial charge on any atom is -0.399 e. The molecular weight excluding hydrogens is 306 g/mol. The van der Waals surface area contributed by atoms with Crippen LogP contribution in [-0.2, 0) is 5.41 Å². The highest BCUT2D eigenvalue weighted by Gasteiger charge is 2.35. The first-order chi connectivity index (χ1) is 11.9. The first-order valence-electron chi connectivity index (χ1n) is 9.53. The fourth-order valence-electron chi connectivity index (χ4n) is 3.96. The molecule has 0 aromatic heterocycles. The highest BCUT2D eigenvalue weighted by atomic mass is 16.1. The summed E-state index contributed by atoms with van der Waals surface area (Å²) in [5, 5.41) is 0. The highest BCUT2D eigenvalue weighted by molar-refractivity contribution is 5.97. The Morgan fingerprint density at radius 1 is 0.920 bits per heavy atom. The van der Waals surface area contributed by atoms with Crippen molar-refractivity contribution < 1.29 is 4.79 Å². The van der Waals surface area contributed by atoms with Crippen LogP contribution in [0, 0.1) is 0 Å².